The van der Waals surface area contributed by atoms with E-state index >= 15 is 0 Å². The monoisotopic (exact) mass is 296 g/mol. The van der Waals surface area contributed by atoms with Crippen LogP contribution in [0.5, 0.6) is 0 Å². The van der Waals surface area contributed by atoms with Crippen molar-refractivity contribution in [1.29, 1.82) is 0 Å². The van der Waals surface area contributed by atoms with E-state index in [4.69, 9.17) is 4.74 Å². The van der Waals surface area contributed by atoms with Gasteiger partial charge in [0.1, 0.15) is 0 Å². The molecule has 2 atom stereocenters. The third-order valence-corrected chi connectivity index (χ3v) is 5.69. The molecule has 2 unspecified atom stereocenters. The summed E-state index contributed by atoms with van der Waals surface area (Å²) < 4.78 is 5.47. The molecule has 2 rings (SSSR count). The summed E-state index contributed by atoms with van der Waals surface area (Å²) in [5, 5.41) is 0. The Labute approximate surface area is 132 Å². The summed E-state index contributed by atoms with van der Waals surface area (Å²) in [6.07, 6.45) is 10.1. The predicted octanol–water partition coefficient (Wildman–Crippen LogP) is 3.39. The third-order valence-electron chi connectivity index (χ3n) is 5.69. The molecule has 0 spiro atoms. The van der Waals surface area contributed by atoms with Gasteiger partial charge in [0.05, 0.1) is 6.10 Å². The maximum absolute atomic E-state index is 5.47. The smallest absolute Gasteiger partial charge is 0.0571 e. The molecule has 1 saturated heterocycles. The average molecular weight is 296 g/mol. The number of hydrogen-bond donors (Lipinski definition) is 0. The molecule has 1 aliphatic carbocycles. The molecule has 21 heavy (non-hydrogen) atoms. The molecule has 1 aliphatic heterocycles. The zero-order chi connectivity index (χ0) is 15.2. The van der Waals surface area contributed by atoms with E-state index in [9.17, 15) is 0 Å². The highest BCUT2D eigenvalue weighted by Gasteiger charge is 2.27. The molecule has 0 aromatic carbocycles. The highest BCUT2D eigenvalue weighted by Crippen LogP contribution is 2.29. The lowest BCUT2D eigenvalue weighted by Gasteiger charge is -2.43. The van der Waals surface area contributed by atoms with Crippen LogP contribution in [0.25, 0.3) is 0 Å². The van der Waals surface area contributed by atoms with Crippen molar-refractivity contribution in [3.05, 3.63) is 0 Å². The Morgan fingerprint density at radius 3 is 2.14 bits per heavy atom. The molecule has 0 aromatic rings. The summed E-state index contributed by atoms with van der Waals surface area (Å²) in [5.74, 6) is 0.971. The molecule has 3 heteroatoms. The van der Waals surface area contributed by atoms with Gasteiger partial charge in [0, 0.05) is 32.3 Å². The van der Waals surface area contributed by atoms with Gasteiger partial charge >= 0.3 is 0 Å². The molecule has 0 amide bonds. The van der Waals surface area contributed by atoms with Gasteiger partial charge in [-0.05, 0) is 65.5 Å². The van der Waals surface area contributed by atoms with Crippen molar-refractivity contribution in [3.8, 4) is 0 Å². The number of ether oxygens (including phenoxy) is 1. The zero-order valence-corrected chi connectivity index (χ0v) is 14.7. The zero-order valence-electron chi connectivity index (χ0n) is 14.7. The number of methoxy groups -OCH3 is 1. The minimum Gasteiger partial charge on any atom is -0.381 e. The fraction of sp³-hybridized carbons (Fsp3) is 1.00. The van der Waals surface area contributed by atoms with E-state index in [-0.39, 0.29) is 0 Å². The highest BCUT2D eigenvalue weighted by molar-refractivity contribution is 4.83. The van der Waals surface area contributed by atoms with Crippen LogP contribution in [0.3, 0.4) is 0 Å². The van der Waals surface area contributed by atoms with Crippen molar-refractivity contribution in [2.75, 3.05) is 33.8 Å². The van der Waals surface area contributed by atoms with Crippen molar-refractivity contribution in [2.24, 2.45) is 5.92 Å². The summed E-state index contributed by atoms with van der Waals surface area (Å²) in [6.45, 7) is 8.52. The minimum absolute atomic E-state index is 0.549. The highest BCUT2D eigenvalue weighted by atomic mass is 16.5. The number of hydrogen-bond acceptors (Lipinski definition) is 3. The number of unbranched alkanes of at least 4 members (excludes halogenated alkanes) is 1. The third kappa shape index (κ3) is 5.22. The quantitative estimate of drug-likeness (QED) is 0.699. The Morgan fingerprint density at radius 1 is 0.952 bits per heavy atom. The van der Waals surface area contributed by atoms with Gasteiger partial charge in [-0.1, -0.05) is 12.8 Å². The first-order chi connectivity index (χ1) is 10.1. The lowest BCUT2D eigenvalue weighted by molar-refractivity contribution is 0.0475. The van der Waals surface area contributed by atoms with Crippen molar-refractivity contribution in [3.63, 3.8) is 0 Å². The van der Waals surface area contributed by atoms with Crippen LogP contribution >= 0.6 is 0 Å². The SMILES string of the molecule is COC1CCC(CCCCN2C(C)CN(C)CC2C)CC1. The number of likely N-dealkylation sites (N-methyl/N-ethyl adjacent to an activating group) is 1. The summed E-state index contributed by atoms with van der Waals surface area (Å²) in [5.41, 5.74) is 0. The lowest BCUT2D eigenvalue weighted by Crippen LogP contribution is -2.55. The Morgan fingerprint density at radius 2 is 1.57 bits per heavy atom. The molecule has 3 nitrogen and oxygen atoms in total. The molecular weight excluding hydrogens is 260 g/mol. The summed E-state index contributed by atoms with van der Waals surface area (Å²) in [6, 6.07) is 1.44. The summed E-state index contributed by atoms with van der Waals surface area (Å²) in [4.78, 5) is 5.20. The van der Waals surface area contributed by atoms with Crippen molar-refractivity contribution in [1.82, 2.24) is 9.80 Å². The van der Waals surface area contributed by atoms with Crippen LogP contribution < -0.4 is 0 Å². The molecular formula is C18H36N2O. The number of piperazine rings is 1. The van der Waals surface area contributed by atoms with Gasteiger partial charge < -0.3 is 9.64 Å². The molecule has 0 N–H and O–H groups in total. The Bertz CT molecular complexity index is 277. The fourth-order valence-electron chi connectivity index (χ4n) is 4.45. The Hall–Kier alpha value is -0.120. The van der Waals surface area contributed by atoms with Crippen LogP contribution in [0.15, 0.2) is 0 Å². The van der Waals surface area contributed by atoms with Gasteiger partial charge in [-0.25, -0.2) is 0 Å². The molecule has 1 heterocycles. The minimum atomic E-state index is 0.549. The van der Waals surface area contributed by atoms with Crippen molar-refractivity contribution >= 4 is 0 Å². The van der Waals surface area contributed by atoms with Crippen molar-refractivity contribution < 1.29 is 4.74 Å². The second-order valence-corrected chi connectivity index (χ2v) is 7.53. The second kappa shape index (κ2) is 8.50. The van der Waals surface area contributed by atoms with Crippen LogP contribution in [-0.2, 0) is 4.74 Å². The average Bonchev–Trinajstić information content (AvgIpc) is 2.46. The topological polar surface area (TPSA) is 15.7 Å². The molecule has 124 valence electrons. The standard InChI is InChI=1S/C18H36N2O/c1-15-13-19(3)14-16(2)20(15)12-6-5-7-17-8-10-18(21-4)11-9-17/h15-18H,5-14H2,1-4H3. The maximum atomic E-state index is 5.47. The molecule has 0 radical (unpaired) electrons. The van der Waals surface area contributed by atoms with E-state index in [1.807, 2.05) is 7.11 Å². The molecule has 2 fully saturated rings. The van der Waals surface area contributed by atoms with E-state index in [1.54, 1.807) is 0 Å². The van der Waals surface area contributed by atoms with Gasteiger partial charge in [-0.15, -0.1) is 0 Å². The first kappa shape index (κ1) is 17.2. The lowest BCUT2D eigenvalue weighted by atomic mass is 9.84. The number of nitrogens with zero attached hydrogens (tertiary/aromatic N) is 2. The molecule has 1 saturated carbocycles. The van der Waals surface area contributed by atoms with Crippen LogP contribution in [0, 0.1) is 5.92 Å². The molecule has 2 aliphatic rings. The fourth-order valence-corrected chi connectivity index (χ4v) is 4.45. The van der Waals surface area contributed by atoms with Crippen LogP contribution in [-0.4, -0.2) is 61.8 Å². The first-order valence-corrected chi connectivity index (χ1v) is 9.07. The normalized spacial score (nSPS) is 36.0. The second-order valence-electron chi connectivity index (χ2n) is 7.53. The Kier molecular flexibility index (Phi) is 6.97. The van der Waals surface area contributed by atoms with E-state index < -0.39 is 0 Å². The van der Waals surface area contributed by atoms with Gasteiger partial charge in [-0.2, -0.15) is 0 Å². The van der Waals surface area contributed by atoms with Crippen LogP contribution in [0.1, 0.15) is 58.8 Å². The van der Waals surface area contributed by atoms with Gasteiger partial charge in [0.25, 0.3) is 0 Å². The van der Waals surface area contributed by atoms with Crippen molar-refractivity contribution in [2.45, 2.75) is 77.0 Å². The van der Waals surface area contributed by atoms with Gasteiger partial charge in [-0.3, -0.25) is 4.90 Å². The molecule has 0 bridgehead atoms. The van der Waals surface area contributed by atoms with Gasteiger partial charge in [0.2, 0.25) is 0 Å². The van der Waals surface area contributed by atoms with E-state index in [0.29, 0.717) is 6.10 Å². The predicted molar refractivity (Wildman–Crippen MR) is 89.7 cm³/mol. The van der Waals surface area contributed by atoms with Crippen LogP contribution in [0.4, 0.5) is 0 Å². The van der Waals surface area contributed by atoms with Crippen LogP contribution in [0.2, 0.25) is 0 Å². The summed E-state index contributed by atoms with van der Waals surface area (Å²) in [7, 11) is 4.12. The van der Waals surface area contributed by atoms with E-state index in [1.165, 1.54) is 64.6 Å². The summed E-state index contributed by atoms with van der Waals surface area (Å²) >= 11 is 0. The van der Waals surface area contributed by atoms with E-state index in [2.05, 4.69) is 30.7 Å². The Balaban J connectivity index is 1.59. The van der Waals surface area contributed by atoms with Gasteiger partial charge in [0.15, 0.2) is 0 Å². The molecule has 0 aromatic heterocycles. The first-order valence-electron chi connectivity index (χ1n) is 9.07. The van der Waals surface area contributed by atoms with E-state index in [0.717, 1.165) is 18.0 Å². The number of rotatable bonds is 6. The maximum Gasteiger partial charge on any atom is 0.0571 e. The largest absolute Gasteiger partial charge is 0.381 e.